The number of carbonyl (C=O) groups excluding carboxylic acids is 1. The first-order valence-electron chi connectivity index (χ1n) is 7.89. The highest BCUT2D eigenvalue weighted by atomic mass is 35.5. The van der Waals surface area contributed by atoms with Gasteiger partial charge in [-0.05, 0) is 43.4 Å². The first-order valence-corrected chi connectivity index (χ1v) is 8.27. The van der Waals surface area contributed by atoms with Crippen molar-refractivity contribution in [3.05, 3.63) is 52.6 Å². The molecule has 2 aromatic rings. The van der Waals surface area contributed by atoms with Crippen LogP contribution in [0.4, 0.5) is 4.39 Å². The van der Waals surface area contributed by atoms with Crippen LogP contribution in [0.1, 0.15) is 34.6 Å². The fourth-order valence-corrected chi connectivity index (χ4v) is 2.73. The van der Waals surface area contributed by atoms with Crippen LogP contribution in [-0.4, -0.2) is 22.7 Å². The largest absolute Gasteiger partial charge is 0.445 e. The summed E-state index contributed by atoms with van der Waals surface area (Å²) in [5.74, 6) is -0.629. The van der Waals surface area contributed by atoms with E-state index in [2.05, 4.69) is 16.5 Å². The normalized spacial score (nSPS) is 13.6. The summed E-state index contributed by atoms with van der Waals surface area (Å²) in [5.41, 5.74) is 6.65. The zero-order valence-electron chi connectivity index (χ0n) is 13.5. The zero-order chi connectivity index (χ0) is 18.0. The third-order valence-corrected chi connectivity index (χ3v) is 4.22. The third kappa shape index (κ3) is 3.86. The van der Waals surface area contributed by atoms with Crippen molar-refractivity contribution in [3.8, 4) is 11.4 Å². The Morgan fingerprint density at radius 1 is 1.44 bits per heavy atom. The van der Waals surface area contributed by atoms with Crippen LogP contribution < -0.4 is 5.73 Å². The molecule has 7 heteroatoms. The molecule has 1 aromatic heterocycles. The van der Waals surface area contributed by atoms with Gasteiger partial charge in [0.1, 0.15) is 12.5 Å². The summed E-state index contributed by atoms with van der Waals surface area (Å²) in [6.07, 6.45) is 4.41. The lowest BCUT2D eigenvalue weighted by Crippen LogP contribution is -2.17. The number of halogens is 2. The maximum absolute atomic E-state index is 14.3. The van der Waals surface area contributed by atoms with Gasteiger partial charge in [0.25, 0.3) is 0 Å². The van der Waals surface area contributed by atoms with Gasteiger partial charge in [-0.15, -0.1) is 0 Å². The number of esters is 1. The second-order valence-electron chi connectivity index (χ2n) is 5.83. The lowest BCUT2D eigenvalue weighted by Gasteiger charge is -2.13. The fourth-order valence-electron chi connectivity index (χ4n) is 2.57. The standard InChI is InChI=1S/C18H17ClFN3O2/c1-2-12-15(7-10-3-4-10)22-17(23-16(12)18(24)25-9-21)13-6-5-11(19)8-14(13)20/h2,5-6,8,10H,1,3-4,7,9,21H2. The van der Waals surface area contributed by atoms with Crippen molar-refractivity contribution in [2.75, 3.05) is 6.73 Å². The molecular formula is C18H17ClFN3O2. The fraction of sp³-hybridized carbons (Fsp3) is 0.278. The van der Waals surface area contributed by atoms with Crippen LogP contribution in [0.15, 0.2) is 24.8 Å². The number of carbonyl (C=O) groups is 1. The molecule has 0 unspecified atom stereocenters. The van der Waals surface area contributed by atoms with E-state index in [0.717, 1.165) is 12.8 Å². The number of rotatable bonds is 6. The van der Waals surface area contributed by atoms with Crippen molar-refractivity contribution < 1.29 is 13.9 Å². The molecule has 0 bridgehead atoms. The van der Waals surface area contributed by atoms with Gasteiger partial charge in [0, 0.05) is 10.6 Å². The summed E-state index contributed by atoms with van der Waals surface area (Å²) < 4.78 is 19.2. The molecule has 1 aliphatic carbocycles. The molecule has 0 atom stereocenters. The number of aromatic nitrogens is 2. The Labute approximate surface area is 149 Å². The molecular weight excluding hydrogens is 345 g/mol. The van der Waals surface area contributed by atoms with Crippen LogP contribution in [0.25, 0.3) is 17.5 Å². The van der Waals surface area contributed by atoms with E-state index < -0.39 is 11.8 Å². The zero-order valence-corrected chi connectivity index (χ0v) is 14.2. The SMILES string of the molecule is C=Cc1c(CC2CC2)nc(-c2ccc(Cl)cc2F)nc1C(=O)OCN. The summed E-state index contributed by atoms with van der Waals surface area (Å²) in [7, 11) is 0. The molecule has 1 fully saturated rings. The number of hydrogen-bond donors (Lipinski definition) is 1. The molecule has 1 aromatic carbocycles. The summed E-state index contributed by atoms with van der Waals surface area (Å²) in [5, 5.41) is 0.268. The molecule has 130 valence electrons. The minimum Gasteiger partial charge on any atom is -0.445 e. The minimum absolute atomic E-state index is 0.0375. The van der Waals surface area contributed by atoms with Crippen molar-refractivity contribution in [2.45, 2.75) is 19.3 Å². The number of hydrogen-bond acceptors (Lipinski definition) is 5. The van der Waals surface area contributed by atoms with Gasteiger partial charge in [-0.2, -0.15) is 0 Å². The summed E-state index contributed by atoms with van der Waals surface area (Å²) >= 11 is 5.80. The van der Waals surface area contributed by atoms with E-state index >= 15 is 0 Å². The Kier molecular flexibility index (Phi) is 5.11. The van der Waals surface area contributed by atoms with E-state index in [1.165, 1.54) is 18.2 Å². The van der Waals surface area contributed by atoms with Crippen LogP contribution in [-0.2, 0) is 11.2 Å². The van der Waals surface area contributed by atoms with Crippen molar-refractivity contribution in [1.29, 1.82) is 0 Å². The lowest BCUT2D eigenvalue weighted by molar-refractivity contribution is 0.0508. The Bertz CT molecular complexity index is 837. The predicted molar refractivity (Wildman–Crippen MR) is 93.4 cm³/mol. The summed E-state index contributed by atoms with van der Waals surface area (Å²) in [4.78, 5) is 20.9. The highest BCUT2D eigenvalue weighted by Crippen LogP contribution is 2.34. The molecule has 5 nitrogen and oxygen atoms in total. The number of nitrogens with zero attached hydrogens (tertiary/aromatic N) is 2. The van der Waals surface area contributed by atoms with E-state index in [1.54, 1.807) is 6.07 Å². The van der Waals surface area contributed by atoms with Crippen molar-refractivity contribution >= 4 is 23.6 Å². The molecule has 1 saturated carbocycles. The Balaban J connectivity index is 2.15. The van der Waals surface area contributed by atoms with E-state index in [-0.39, 0.29) is 28.8 Å². The highest BCUT2D eigenvalue weighted by Gasteiger charge is 2.27. The maximum atomic E-state index is 14.3. The molecule has 0 amide bonds. The van der Waals surface area contributed by atoms with Crippen LogP contribution in [0.2, 0.25) is 5.02 Å². The van der Waals surface area contributed by atoms with Gasteiger partial charge in [-0.25, -0.2) is 19.2 Å². The average Bonchev–Trinajstić information content (AvgIpc) is 3.38. The highest BCUT2D eigenvalue weighted by molar-refractivity contribution is 6.30. The topological polar surface area (TPSA) is 78.1 Å². The van der Waals surface area contributed by atoms with E-state index in [1.807, 2.05) is 0 Å². The maximum Gasteiger partial charge on any atom is 0.359 e. The molecule has 3 rings (SSSR count). The van der Waals surface area contributed by atoms with Crippen molar-refractivity contribution in [3.63, 3.8) is 0 Å². The molecule has 0 saturated heterocycles. The molecule has 25 heavy (non-hydrogen) atoms. The van der Waals surface area contributed by atoms with Gasteiger partial charge in [0.15, 0.2) is 11.5 Å². The van der Waals surface area contributed by atoms with Crippen LogP contribution in [0.5, 0.6) is 0 Å². The molecule has 1 heterocycles. The first kappa shape index (κ1) is 17.5. The Morgan fingerprint density at radius 2 is 2.20 bits per heavy atom. The van der Waals surface area contributed by atoms with E-state index in [0.29, 0.717) is 23.6 Å². The minimum atomic E-state index is -0.688. The average molecular weight is 362 g/mol. The summed E-state index contributed by atoms with van der Waals surface area (Å²) in [6.45, 7) is 3.47. The van der Waals surface area contributed by atoms with Gasteiger partial charge < -0.3 is 4.74 Å². The lowest BCUT2D eigenvalue weighted by atomic mass is 10.1. The van der Waals surface area contributed by atoms with Crippen molar-refractivity contribution in [2.24, 2.45) is 11.7 Å². The van der Waals surface area contributed by atoms with Crippen LogP contribution >= 0.6 is 11.6 Å². The van der Waals surface area contributed by atoms with Gasteiger partial charge in [-0.1, -0.05) is 24.3 Å². The molecule has 0 spiro atoms. The molecule has 2 N–H and O–H groups in total. The number of benzene rings is 1. The van der Waals surface area contributed by atoms with E-state index in [9.17, 15) is 9.18 Å². The number of nitrogens with two attached hydrogens (primary N) is 1. The smallest absolute Gasteiger partial charge is 0.359 e. The number of ether oxygens (including phenoxy) is 1. The predicted octanol–water partition coefficient (Wildman–Crippen LogP) is 3.60. The van der Waals surface area contributed by atoms with Crippen LogP contribution in [0.3, 0.4) is 0 Å². The quantitative estimate of drug-likeness (QED) is 0.628. The second kappa shape index (κ2) is 7.29. The van der Waals surface area contributed by atoms with Crippen LogP contribution in [0, 0.1) is 11.7 Å². The van der Waals surface area contributed by atoms with E-state index in [4.69, 9.17) is 22.1 Å². The Morgan fingerprint density at radius 3 is 2.80 bits per heavy atom. The first-order chi connectivity index (χ1) is 12.0. The molecule has 0 radical (unpaired) electrons. The molecule has 1 aliphatic rings. The van der Waals surface area contributed by atoms with Gasteiger partial charge in [0.2, 0.25) is 0 Å². The monoisotopic (exact) mass is 361 g/mol. The summed E-state index contributed by atoms with van der Waals surface area (Å²) in [6, 6.07) is 4.21. The van der Waals surface area contributed by atoms with Gasteiger partial charge in [-0.3, -0.25) is 5.73 Å². The molecule has 0 aliphatic heterocycles. The second-order valence-corrected chi connectivity index (χ2v) is 6.27. The van der Waals surface area contributed by atoms with Gasteiger partial charge >= 0.3 is 5.97 Å². The van der Waals surface area contributed by atoms with Gasteiger partial charge in [0.05, 0.1) is 11.3 Å². The Hall–Kier alpha value is -2.31. The third-order valence-electron chi connectivity index (χ3n) is 3.99. The van der Waals surface area contributed by atoms with Crippen molar-refractivity contribution in [1.82, 2.24) is 9.97 Å².